The molecule has 94 valence electrons. The summed E-state index contributed by atoms with van der Waals surface area (Å²) >= 11 is 11.8. The Labute approximate surface area is 113 Å². The number of halogens is 2. The third-order valence-electron chi connectivity index (χ3n) is 2.09. The van der Waals surface area contributed by atoms with E-state index in [1.54, 1.807) is 18.2 Å². The fourth-order valence-corrected chi connectivity index (χ4v) is 1.50. The zero-order valence-corrected chi connectivity index (χ0v) is 11.6. The third kappa shape index (κ3) is 5.44. The zero-order valence-electron chi connectivity index (χ0n) is 10.1. The molecule has 0 fully saturated rings. The average Bonchev–Trinajstić information content (AvgIpc) is 2.27. The molecule has 0 aliphatic carbocycles. The van der Waals surface area contributed by atoms with E-state index in [-0.39, 0.29) is 0 Å². The van der Waals surface area contributed by atoms with Crippen LogP contribution in [0.4, 0.5) is 0 Å². The van der Waals surface area contributed by atoms with Crippen molar-refractivity contribution in [2.75, 3.05) is 13.2 Å². The smallest absolute Gasteiger partial charge is 0.139 e. The predicted molar refractivity (Wildman–Crippen MR) is 74.2 cm³/mol. The van der Waals surface area contributed by atoms with Gasteiger partial charge in [0.05, 0.1) is 5.02 Å². The van der Waals surface area contributed by atoms with Gasteiger partial charge in [-0.3, -0.25) is 0 Å². The Morgan fingerprint density at radius 1 is 1.41 bits per heavy atom. The van der Waals surface area contributed by atoms with Crippen LogP contribution in [0.25, 0.3) is 0 Å². The molecule has 0 aliphatic heterocycles. The Balaban J connectivity index is 2.44. The van der Waals surface area contributed by atoms with E-state index in [9.17, 15) is 0 Å². The van der Waals surface area contributed by atoms with Gasteiger partial charge in [-0.25, -0.2) is 0 Å². The predicted octanol–water partition coefficient (Wildman–Crippen LogP) is 3.93. The van der Waals surface area contributed by atoms with E-state index >= 15 is 0 Å². The number of hydrogen-bond acceptors (Lipinski definition) is 2. The summed E-state index contributed by atoms with van der Waals surface area (Å²) in [5.41, 5.74) is 0.967. The molecule has 0 radical (unpaired) electrons. The number of nitrogens with one attached hydrogen (secondary N) is 1. The van der Waals surface area contributed by atoms with Crippen LogP contribution in [0.1, 0.15) is 13.8 Å². The molecular weight excluding hydrogens is 257 g/mol. The number of hydrogen-bond donors (Lipinski definition) is 1. The molecular formula is C13H17Cl2NO. The topological polar surface area (TPSA) is 21.3 Å². The van der Waals surface area contributed by atoms with Crippen molar-refractivity contribution in [2.45, 2.75) is 19.9 Å². The lowest BCUT2D eigenvalue weighted by Crippen LogP contribution is -2.26. The van der Waals surface area contributed by atoms with Gasteiger partial charge >= 0.3 is 0 Å². The Bertz CT molecular complexity index is 391. The van der Waals surface area contributed by atoms with Gasteiger partial charge in [-0.15, -0.1) is 0 Å². The summed E-state index contributed by atoms with van der Waals surface area (Å²) in [5, 5.41) is 4.43. The lowest BCUT2D eigenvalue weighted by atomic mass is 10.3. The van der Waals surface area contributed by atoms with E-state index < -0.39 is 0 Å². The van der Waals surface area contributed by atoms with Crippen LogP contribution in [0.15, 0.2) is 30.4 Å². The van der Waals surface area contributed by atoms with Crippen molar-refractivity contribution in [3.63, 3.8) is 0 Å². The second kappa shape index (κ2) is 6.90. The van der Waals surface area contributed by atoms with Crippen molar-refractivity contribution >= 4 is 23.2 Å². The third-order valence-corrected chi connectivity index (χ3v) is 2.63. The van der Waals surface area contributed by atoms with Gasteiger partial charge in [-0.1, -0.05) is 43.6 Å². The van der Waals surface area contributed by atoms with Gasteiger partial charge in [-0.05, 0) is 17.7 Å². The molecule has 1 aromatic rings. The molecule has 0 aromatic heterocycles. The van der Waals surface area contributed by atoms with E-state index in [2.05, 4.69) is 25.7 Å². The maximum Gasteiger partial charge on any atom is 0.139 e. The molecule has 2 nitrogen and oxygen atoms in total. The van der Waals surface area contributed by atoms with Gasteiger partial charge in [-0.2, -0.15) is 0 Å². The summed E-state index contributed by atoms with van der Waals surface area (Å²) in [6, 6.07) is 5.58. The molecule has 4 heteroatoms. The average molecular weight is 274 g/mol. The van der Waals surface area contributed by atoms with Crippen molar-refractivity contribution < 1.29 is 4.74 Å². The molecule has 0 atom stereocenters. The summed E-state index contributed by atoms with van der Waals surface area (Å²) in [4.78, 5) is 0. The van der Waals surface area contributed by atoms with Crippen LogP contribution in [0, 0.1) is 0 Å². The first kappa shape index (κ1) is 14.4. The monoisotopic (exact) mass is 273 g/mol. The fourth-order valence-electron chi connectivity index (χ4n) is 1.17. The van der Waals surface area contributed by atoms with Gasteiger partial charge in [0, 0.05) is 23.7 Å². The van der Waals surface area contributed by atoms with E-state index in [4.69, 9.17) is 27.9 Å². The highest BCUT2D eigenvalue weighted by Crippen LogP contribution is 2.27. The number of benzene rings is 1. The molecule has 1 aromatic carbocycles. The maximum absolute atomic E-state index is 5.98. The highest BCUT2D eigenvalue weighted by Gasteiger charge is 2.04. The molecule has 1 N–H and O–H groups in total. The normalized spacial score (nSPS) is 10.6. The number of ether oxygens (including phenoxy) is 1. The first-order chi connectivity index (χ1) is 7.99. The van der Waals surface area contributed by atoms with Crippen LogP contribution in [0.2, 0.25) is 10.0 Å². The Kier molecular flexibility index (Phi) is 5.83. The van der Waals surface area contributed by atoms with Gasteiger partial charge in [0.2, 0.25) is 0 Å². The molecule has 0 saturated carbocycles. The van der Waals surface area contributed by atoms with Crippen LogP contribution in [-0.2, 0) is 0 Å². The molecule has 1 rings (SSSR count). The molecule has 0 aliphatic rings. The molecule has 0 amide bonds. The summed E-state index contributed by atoms with van der Waals surface area (Å²) in [6.07, 6.45) is 0. The second-order valence-corrected chi connectivity index (χ2v) is 4.99. The summed E-state index contributed by atoms with van der Waals surface area (Å²) in [7, 11) is 0. The Morgan fingerprint density at radius 3 is 2.76 bits per heavy atom. The molecule has 0 unspecified atom stereocenters. The molecule has 0 spiro atoms. The van der Waals surface area contributed by atoms with Crippen LogP contribution >= 0.6 is 23.2 Å². The summed E-state index contributed by atoms with van der Waals surface area (Å²) in [5.74, 6) is 0.588. The van der Waals surface area contributed by atoms with E-state index in [0.29, 0.717) is 28.4 Å². The molecule has 0 heterocycles. The lowest BCUT2D eigenvalue weighted by molar-refractivity contribution is 0.347. The zero-order chi connectivity index (χ0) is 12.8. The van der Waals surface area contributed by atoms with E-state index in [1.165, 1.54) is 0 Å². The van der Waals surface area contributed by atoms with Crippen molar-refractivity contribution in [3.8, 4) is 5.75 Å². The minimum atomic E-state index is 0.430. The van der Waals surface area contributed by atoms with Crippen molar-refractivity contribution in [1.82, 2.24) is 5.32 Å². The summed E-state index contributed by atoms with van der Waals surface area (Å²) in [6.45, 7) is 9.26. The van der Waals surface area contributed by atoms with Crippen molar-refractivity contribution in [3.05, 3.63) is 40.4 Å². The Morgan fingerprint density at radius 2 is 2.12 bits per heavy atom. The highest BCUT2D eigenvalue weighted by atomic mass is 35.5. The molecule has 0 bridgehead atoms. The number of rotatable bonds is 6. The van der Waals surface area contributed by atoms with Gasteiger partial charge in [0.1, 0.15) is 12.4 Å². The standard InChI is InChI=1S/C13H17Cl2NO/c1-9(2)16-7-10(3)8-17-13-6-11(14)4-5-12(13)15/h4-6,9,16H,3,7-8H2,1-2H3. The van der Waals surface area contributed by atoms with Gasteiger partial charge in [0.15, 0.2) is 0 Å². The fraction of sp³-hybridized carbons (Fsp3) is 0.385. The maximum atomic E-state index is 5.98. The van der Waals surface area contributed by atoms with Crippen LogP contribution in [-0.4, -0.2) is 19.2 Å². The quantitative estimate of drug-likeness (QED) is 0.794. The largest absolute Gasteiger partial charge is 0.488 e. The van der Waals surface area contributed by atoms with Crippen LogP contribution in [0.5, 0.6) is 5.75 Å². The van der Waals surface area contributed by atoms with Crippen LogP contribution in [0.3, 0.4) is 0 Å². The van der Waals surface area contributed by atoms with E-state index in [1.807, 2.05) is 0 Å². The first-order valence-corrected chi connectivity index (χ1v) is 6.22. The van der Waals surface area contributed by atoms with Gasteiger partial charge in [0.25, 0.3) is 0 Å². The van der Waals surface area contributed by atoms with Gasteiger partial charge < -0.3 is 10.1 Å². The molecule has 0 saturated heterocycles. The van der Waals surface area contributed by atoms with Crippen molar-refractivity contribution in [2.24, 2.45) is 0 Å². The SMILES string of the molecule is C=C(CNC(C)C)COc1cc(Cl)ccc1Cl. The Hall–Kier alpha value is -0.700. The van der Waals surface area contributed by atoms with Crippen LogP contribution < -0.4 is 10.1 Å². The van der Waals surface area contributed by atoms with Crippen molar-refractivity contribution in [1.29, 1.82) is 0 Å². The summed E-state index contributed by atoms with van der Waals surface area (Å²) < 4.78 is 5.56. The first-order valence-electron chi connectivity index (χ1n) is 5.47. The minimum absolute atomic E-state index is 0.430. The lowest BCUT2D eigenvalue weighted by Gasteiger charge is -2.12. The second-order valence-electron chi connectivity index (χ2n) is 4.15. The van der Waals surface area contributed by atoms with E-state index in [0.717, 1.165) is 12.1 Å². The minimum Gasteiger partial charge on any atom is -0.488 e. The highest BCUT2D eigenvalue weighted by molar-refractivity contribution is 6.34. The molecule has 17 heavy (non-hydrogen) atoms.